The molecule has 23 heavy (non-hydrogen) atoms. The number of rotatable bonds is 5. The maximum atomic E-state index is 10.8. The number of carboxylic acid groups (broad SMARTS) is 1. The molecule has 3 aromatic carbocycles. The van der Waals surface area contributed by atoms with Crippen LogP contribution in [0.25, 0.3) is 10.8 Å². The lowest BCUT2D eigenvalue weighted by Crippen LogP contribution is -2.32. The van der Waals surface area contributed by atoms with Gasteiger partial charge >= 0.3 is 5.97 Å². The predicted octanol–water partition coefficient (Wildman–Crippen LogP) is 3.59. The number of carboxylic acids is 1. The molecule has 0 aliphatic carbocycles. The fourth-order valence-electron chi connectivity index (χ4n) is 2.44. The minimum Gasteiger partial charge on any atom is -0.480 e. The first-order chi connectivity index (χ1) is 11.1. The van der Waals surface area contributed by atoms with Gasteiger partial charge in [0.1, 0.15) is 17.5 Å². The Labute approximate surface area is 134 Å². The summed E-state index contributed by atoms with van der Waals surface area (Å²) >= 11 is 0. The lowest BCUT2D eigenvalue weighted by atomic mass is 10.1. The third-order valence-electron chi connectivity index (χ3n) is 3.63. The summed E-state index contributed by atoms with van der Waals surface area (Å²) in [5, 5.41) is 11.2. The van der Waals surface area contributed by atoms with Crippen molar-refractivity contribution in [3.05, 3.63) is 72.3 Å². The Bertz CT molecular complexity index is 845. The molecule has 0 saturated heterocycles. The number of ether oxygens (including phenoxy) is 1. The third kappa shape index (κ3) is 3.67. The molecule has 116 valence electrons. The average Bonchev–Trinajstić information content (AvgIpc) is 2.55. The summed E-state index contributed by atoms with van der Waals surface area (Å²) in [6.07, 6.45) is 0.268. The molecule has 0 amide bonds. The van der Waals surface area contributed by atoms with Crippen molar-refractivity contribution in [2.24, 2.45) is 5.73 Å². The lowest BCUT2D eigenvalue weighted by Gasteiger charge is -2.10. The summed E-state index contributed by atoms with van der Waals surface area (Å²) < 4.78 is 5.88. The first-order valence-corrected chi connectivity index (χ1v) is 7.36. The molecule has 0 spiro atoms. The van der Waals surface area contributed by atoms with Crippen LogP contribution in [0.5, 0.6) is 11.5 Å². The first kappa shape index (κ1) is 15.1. The molecule has 0 heterocycles. The van der Waals surface area contributed by atoms with E-state index in [1.54, 1.807) is 0 Å². The van der Waals surface area contributed by atoms with E-state index in [9.17, 15) is 4.79 Å². The van der Waals surface area contributed by atoms with Crippen LogP contribution in [0, 0.1) is 0 Å². The predicted molar refractivity (Wildman–Crippen MR) is 89.8 cm³/mol. The van der Waals surface area contributed by atoms with Crippen molar-refractivity contribution < 1.29 is 14.6 Å². The van der Waals surface area contributed by atoms with Crippen molar-refractivity contribution in [1.82, 2.24) is 0 Å². The Kier molecular flexibility index (Phi) is 4.26. The van der Waals surface area contributed by atoms with E-state index in [2.05, 4.69) is 0 Å². The van der Waals surface area contributed by atoms with Crippen LogP contribution in [0.2, 0.25) is 0 Å². The quantitative estimate of drug-likeness (QED) is 0.755. The molecule has 0 aromatic heterocycles. The molecule has 0 fully saturated rings. The maximum absolute atomic E-state index is 10.8. The number of fused-ring (bicyclic) bond motifs is 1. The van der Waals surface area contributed by atoms with Gasteiger partial charge < -0.3 is 15.6 Å². The molecular weight excluding hydrogens is 290 g/mol. The standard InChI is InChI=1S/C19H17NO3/c20-18(19(21)22)11-13-4-3-7-16(10-13)23-17-9-8-14-5-1-2-6-15(14)12-17/h1-10,12,18H,11,20H2,(H,21,22). The second-order valence-corrected chi connectivity index (χ2v) is 5.41. The van der Waals surface area contributed by atoms with E-state index in [1.807, 2.05) is 66.7 Å². The zero-order chi connectivity index (χ0) is 16.2. The Morgan fingerprint density at radius 2 is 1.70 bits per heavy atom. The summed E-state index contributed by atoms with van der Waals surface area (Å²) in [6.45, 7) is 0. The van der Waals surface area contributed by atoms with Gasteiger partial charge in [-0.25, -0.2) is 0 Å². The molecule has 3 rings (SSSR count). The van der Waals surface area contributed by atoms with Gasteiger partial charge in [0, 0.05) is 0 Å². The van der Waals surface area contributed by atoms with E-state index in [0.717, 1.165) is 22.1 Å². The van der Waals surface area contributed by atoms with Gasteiger partial charge in [-0.2, -0.15) is 0 Å². The van der Waals surface area contributed by atoms with E-state index in [1.165, 1.54) is 0 Å². The summed E-state index contributed by atoms with van der Waals surface area (Å²) in [6, 6.07) is 20.4. The zero-order valence-corrected chi connectivity index (χ0v) is 12.5. The molecule has 0 radical (unpaired) electrons. The van der Waals surface area contributed by atoms with Crippen LogP contribution in [0.4, 0.5) is 0 Å². The molecule has 0 aliphatic rings. The van der Waals surface area contributed by atoms with Crippen molar-refractivity contribution in [2.45, 2.75) is 12.5 Å². The van der Waals surface area contributed by atoms with Crippen molar-refractivity contribution >= 4 is 16.7 Å². The Morgan fingerprint density at radius 3 is 2.48 bits per heavy atom. The number of aliphatic carboxylic acids is 1. The van der Waals surface area contributed by atoms with Gasteiger partial charge in [-0.05, 0) is 47.0 Å². The highest BCUT2D eigenvalue weighted by Crippen LogP contribution is 2.26. The van der Waals surface area contributed by atoms with Crippen LogP contribution in [0.1, 0.15) is 5.56 Å². The van der Waals surface area contributed by atoms with E-state index in [0.29, 0.717) is 5.75 Å². The topological polar surface area (TPSA) is 72.5 Å². The van der Waals surface area contributed by atoms with Crippen LogP contribution in [0.3, 0.4) is 0 Å². The fraction of sp³-hybridized carbons (Fsp3) is 0.105. The zero-order valence-electron chi connectivity index (χ0n) is 12.5. The molecule has 0 aliphatic heterocycles. The van der Waals surface area contributed by atoms with E-state index >= 15 is 0 Å². The van der Waals surface area contributed by atoms with Gasteiger partial charge in [-0.15, -0.1) is 0 Å². The smallest absolute Gasteiger partial charge is 0.320 e. The van der Waals surface area contributed by atoms with Gasteiger partial charge in [-0.1, -0.05) is 42.5 Å². The largest absolute Gasteiger partial charge is 0.480 e. The van der Waals surface area contributed by atoms with Crippen molar-refractivity contribution in [3.63, 3.8) is 0 Å². The van der Waals surface area contributed by atoms with Crippen LogP contribution >= 0.6 is 0 Å². The SMILES string of the molecule is NC(Cc1cccc(Oc2ccc3ccccc3c2)c1)C(=O)O. The summed E-state index contributed by atoms with van der Waals surface area (Å²) in [4.78, 5) is 10.8. The van der Waals surface area contributed by atoms with Gasteiger partial charge in [-0.3, -0.25) is 4.79 Å². The molecule has 1 atom stereocenters. The molecule has 4 heteroatoms. The second-order valence-electron chi connectivity index (χ2n) is 5.41. The molecule has 0 saturated carbocycles. The molecule has 0 bridgehead atoms. The normalized spacial score (nSPS) is 12.0. The third-order valence-corrected chi connectivity index (χ3v) is 3.63. The van der Waals surface area contributed by atoms with Gasteiger partial charge in [0.15, 0.2) is 0 Å². The number of carbonyl (C=O) groups is 1. The Balaban J connectivity index is 1.80. The van der Waals surface area contributed by atoms with Crippen LogP contribution < -0.4 is 10.5 Å². The minimum absolute atomic E-state index is 0.268. The second kappa shape index (κ2) is 6.50. The van der Waals surface area contributed by atoms with Crippen molar-refractivity contribution in [3.8, 4) is 11.5 Å². The lowest BCUT2D eigenvalue weighted by molar-refractivity contribution is -0.138. The van der Waals surface area contributed by atoms with Crippen LogP contribution in [0.15, 0.2) is 66.7 Å². The average molecular weight is 307 g/mol. The number of hydrogen-bond acceptors (Lipinski definition) is 3. The van der Waals surface area contributed by atoms with Crippen LogP contribution in [-0.4, -0.2) is 17.1 Å². The summed E-state index contributed by atoms with van der Waals surface area (Å²) in [7, 11) is 0. The highest BCUT2D eigenvalue weighted by molar-refractivity contribution is 5.83. The highest BCUT2D eigenvalue weighted by atomic mass is 16.5. The molecule has 3 N–H and O–H groups in total. The molecule has 4 nitrogen and oxygen atoms in total. The molecule has 1 unspecified atom stereocenters. The molecular formula is C19H17NO3. The number of hydrogen-bond donors (Lipinski definition) is 2. The highest BCUT2D eigenvalue weighted by Gasteiger charge is 2.12. The Morgan fingerprint density at radius 1 is 0.957 bits per heavy atom. The van der Waals surface area contributed by atoms with E-state index < -0.39 is 12.0 Å². The number of nitrogens with two attached hydrogens (primary N) is 1. The minimum atomic E-state index is -1.01. The number of benzene rings is 3. The van der Waals surface area contributed by atoms with Gasteiger partial charge in [0.05, 0.1) is 0 Å². The van der Waals surface area contributed by atoms with Crippen molar-refractivity contribution in [1.29, 1.82) is 0 Å². The first-order valence-electron chi connectivity index (χ1n) is 7.36. The van der Waals surface area contributed by atoms with Crippen LogP contribution in [-0.2, 0) is 11.2 Å². The van der Waals surface area contributed by atoms with Gasteiger partial charge in [0.2, 0.25) is 0 Å². The van der Waals surface area contributed by atoms with Gasteiger partial charge in [0.25, 0.3) is 0 Å². The molecule has 3 aromatic rings. The maximum Gasteiger partial charge on any atom is 0.320 e. The van der Waals surface area contributed by atoms with Crippen molar-refractivity contribution in [2.75, 3.05) is 0 Å². The summed E-state index contributed by atoms with van der Waals surface area (Å²) in [5.74, 6) is 0.393. The Hall–Kier alpha value is -2.85. The monoisotopic (exact) mass is 307 g/mol. The van der Waals surface area contributed by atoms with E-state index in [-0.39, 0.29) is 6.42 Å². The fourth-order valence-corrected chi connectivity index (χ4v) is 2.44. The van der Waals surface area contributed by atoms with E-state index in [4.69, 9.17) is 15.6 Å². The summed E-state index contributed by atoms with van der Waals surface area (Å²) in [5.41, 5.74) is 6.40.